The fourth-order valence-corrected chi connectivity index (χ4v) is 3.40. The van der Waals surface area contributed by atoms with Crippen molar-refractivity contribution in [3.63, 3.8) is 0 Å². The van der Waals surface area contributed by atoms with Crippen molar-refractivity contribution in [3.05, 3.63) is 51.5 Å². The number of nitrogens with one attached hydrogen (secondary N) is 2. The van der Waals surface area contributed by atoms with Crippen LogP contribution in [-0.2, 0) is 12.8 Å². The highest BCUT2D eigenvalue weighted by Gasteiger charge is 2.05. The first-order chi connectivity index (χ1) is 11.2. The van der Waals surface area contributed by atoms with Crippen LogP contribution in [0.25, 0.3) is 0 Å². The van der Waals surface area contributed by atoms with Crippen molar-refractivity contribution in [2.45, 2.75) is 33.1 Å². The van der Waals surface area contributed by atoms with Gasteiger partial charge in [-0.05, 0) is 32.3 Å². The minimum atomic E-state index is 0.872. The van der Waals surface area contributed by atoms with Gasteiger partial charge in [-0.1, -0.05) is 30.3 Å². The molecule has 0 saturated carbocycles. The topological polar surface area (TPSA) is 49.3 Å². The lowest BCUT2D eigenvalue weighted by Gasteiger charge is -2.11. The van der Waals surface area contributed by atoms with Gasteiger partial charge in [0.1, 0.15) is 0 Å². The maximum Gasteiger partial charge on any atom is 0.190 e. The smallest absolute Gasteiger partial charge is 0.190 e. The van der Waals surface area contributed by atoms with Crippen LogP contribution in [0, 0.1) is 13.8 Å². The minimum absolute atomic E-state index is 0.872. The SMILES string of the molecule is CN=C(NCCCc1ccccc1)NCCc1sc(C)nc1C. The summed E-state index contributed by atoms with van der Waals surface area (Å²) >= 11 is 1.78. The monoisotopic (exact) mass is 330 g/mol. The fraction of sp³-hybridized carbons (Fsp3) is 0.444. The molecule has 0 unspecified atom stereocenters. The predicted molar refractivity (Wildman–Crippen MR) is 99.4 cm³/mol. The van der Waals surface area contributed by atoms with Crippen molar-refractivity contribution in [1.82, 2.24) is 15.6 Å². The van der Waals surface area contributed by atoms with Crippen LogP contribution >= 0.6 is 11.3 Å². The predicted octanol–water partition coefficient (Wildman–Crippen LogP) is 3.10. The first-order valence-corrected chi connectivity index (χ1v) is 8.92. The molecule has 1 aromatic carbocycles. The summed E-state index contributed by atoms with van der Waals surface area (Å²) < 4.78 is 0. The molecular weight excluding hydrogens is 304 g/mol. The van der Waals surface area contributed by atoms with E-state index in [0.717, 1.165) is 49.0 Å². The Bertz CT molecular complexity index is 619. The molecule has 0 spiro atoms. The highest BCUT2D eigenvalue weighted by atomic mass is 32.1. The lowest BCUT2D eigenvalue weighted by Crippen LogP contribution is -2.38. The minimum Gasteiger partial charge on any atom is -0.356 e. The summed E-state index contributed by atoms with van der Waals surface area (Å²) in [5.74, 6) is 0.872. The lowest BCUT2D eigenvalue weighted by atomic mass is 10.1. The number of hydrogen-bond donors (Lipinski definition) is 2. The highest BCUT2D eigenvalue weighted by Crippen LogP contribution is 2.16. The number of hydrogen-bond acceptors (Lipinski definition) is 3. The molecule has 0 radical (unpaired) electrons. The van der Waals surface area contributed by atoms with Gasteiger partial charge in [0.25, 0.3) is 0 Å². The van der Waals surface area contributed by atoms with Gasteiger partial charge in [0.2, 0.25) is 0 Å². The van der Waals surface area contributed by atoms with Crippen LogP contribution in [0.2, 0.25) is 0 Å². The Labute approximate surface area is 143 Å². The molecule has 5 heteroatoms. The van der Waals surface area contributed by atoms with Crippen LogP contribution in [0.15, 0.2) is 35.3 Å². The van der Waals surface area contributed by atoms with Crippen LogP contribution in [-0.4, -0.2) is 31.1 Å². The van der Waals surface area contributed by atoms with Crippen LogP contribution in [0.3, 0.4) is 0 Å². The number of guanidine groups is 1. The molecule has 1 aromatic heterocycles. The van der Waals surface area contributed by atoms with Gasteiger partial charge in [-0.15, -0.1) is 11.3 Å². The van der Waals surface area contributed by atoms with Gasteiger partial charge < -0.3 is 10.6 Å². The van der Waals surface area contributed by atoms with Gasteiger partial charge in [0.05, 0.1) is 10.7 Å². The standard InChI is InChI=1S/C18H26N4S/c1-14-17(23-15(2)22-14)11-13-21-18(19-3)20-12-7-10-16-8-5-4-6-9-16/h4-6,8-9H,7,10-13H2,1-3H3,(H2,19,20,21). The maximum absolute atomic E-state index is 4.46. The average Bonchev–Trinajstić information content (AvgIpc) is 2.88. The van der Waals surface area contributed by atoms with E-state index in [1.807, 2.05) is 7.05 Å². The molecule has 4 nitrogen and oxygen atoms in total. The quantitative estimate of drug-likeness (QED) is 0.466. The van der Waals surface area contributed by atoms with Crippen LogP contribution in [0.1, 0.15) is 27.6 Å². The molecule has 23 heavy (non-hydrogen) atoms. The van der Waals surface area contributed by atoms with E-state index in [0.29, 0.717) is 0 Å². The third-order valence-corrected chi connectivity index (χ3v) is 4.78. The van der Waals surface area contributed by atoms with Gasteiger partial charge in [-0.25, -0.2) is 4.98 Å². The number of aryl methyl sites for hydroxylation is 3. The summed E-state index contributed by atoms with van der Waals surface area (Å²) in [5.41, 5.74) is 2.54. The van der Waals surface area contributed by atoms with Crippen molar-refractivity contribution >= 4 is 17.3 Å². The molecule has 1 heterocycles. The number of aliphatic imine (C=N–C) groups is 1. The molecule has 0 aliphatic heterocycles. The van der Waals surface area contributed by atoms with Gasteiger partial charge >= 0.3 is 0 Å². The number of rotatable bonds is 7. The summed E-state index contributed by atoms with van der Waals surface area (Å²) in [7, 11) is 1.81. The third kappa shape index (κ3) is 6.02. The molecule has 2 aromatic rings. The van der Waals surface area contributed by atoms with E-state index >= 15 is 0 Å². The number of benzene rings is 1. The molecule has 0 amide bonds. The van der Waals surface area contributed by atoms with Crippen molar-refractivity contribution in [3.8, 4) is 0 Å². The molecular formula is C18H26N4S. The van der Waals surface area contributed by atoms with Crippen molar-refractivity contribution in [2.75, 3.05) is 20.1 Å². The van der Waals surface area contributed by atoms with E-state index in [-0.39, 0.29) is 0 Å². The Hall–Kier alpha value is -1.88. The summed E-state index contributed by atoms with van der Waals surface area (Å²) in [6.45, 7) is 5.94. The van der Waals surface area contributed by atoms with E-state index in [2.05, 4.69) is 64.8 Å². The van der Waals surface area contributed by atoms with Gasteiger partial charge in [0.15, 0.2) is 5.96 Å². The third-order valence-electron chi connectivity index (χ3n) is 3.65. The molecule has 2 rings (SSSR count). The first-order valence-electron chi connectivity index (χ1n) is 8.10. The lowest BCUT2D eigenvalue weighted by molar-refractivity contribution is 0.739. The second-order valence-electron chi connectivity index (χ2n) is 5.51. The molecule has 0 bridgehead atoms. The summed E-state index contributed by atoms with van der Waals surface area (Å²) in [6, 6.07) is 10.6. The van der Waals surface area contributed by atoms with E-state index in [9.17, 15) is 0 Å². The van der Waals surface area contributed by atoms with E-state index in [1.165, 1.54) is 10.4 Å². The highest BCUT2D eigenvalue weighted by molar-refractivity contribution is 7.11. The Morgan fingerprint density at radius 3 is 2.48 bits per heavy atom. The second-order valence-corrected chi connectivity index (χ2v) is 6.79. The Balaban J connectivity index is 1.64. The summed E-state index contributed by atoms with van der Waals surface area (Å²) in [4.78, 5) is 10.1. The second kappa shape index (κ2) is 9.30. The maximum atomic E-state index is 4.46. The van der Waals surface area contributed by atoms with Crippen LogP contribution in [0.4, 0.5) is 0 Å². The van der Waals surface area contributed by atoms with Crippen molar-refractivity contribution < 1.29 is 0 Å². The Morgan fingerprint density at radius 2 is 1.83 bits per heavy atom. The van der Waals surface area contributed by atoms with Crippen LogP contribution in [0.5, 0.6) is 0 Å². The van der Waals surface area contributed by atoms with Gasteiger partial charge in [-0.2, -0.15) is 0 Å². The Kier molecular flexibility index (Phi) is 7.07. The zero-order valence-corrected chi connectivity index (χ0v) is 15.0. The molecule has 0 fully saturated rings. The van der Waals surface area contributed by atoms with Gasteiger partial charge in [0, 0.05) is 31.4 Å². The Morgan fingerprint density at radius 1 is 1.09 bits per heavy atom. The van der Waals surface area contributed by atoms with E-state index in [1.54, 1.807) is 11.3 Å². The molecule has 0 saturated heterocycles. The summed E-state index contributed by atoms with van der Waals surface area (Å²) in [5, 5.41) is 7.88. The number of thiazole rings is 1. The number of nitrogens with zero attached hydrogens (tertiary/aromatic N) is 2. The van der Waals surface area contributed by atoms with Crippen LogP contribution < -0.4 is 10.6 Å². The average molecular weight is 331 g/mol. The van der Waals surface area contributed by atoms with E-state index in [4.69, 9.17) is 0 Å². The van der Waals surface area contributed by atoms with E-state index < -0.39 is 0 Å². The number of aromatic nitrogens is 1. The largest absolute Gasteiger partial charge is 0.356 e. The normalized spacial score (nSPS) is 11.5. The zero-order valence-electron chi connectivity index (χ0n) is 14.2. The molecule has 2 N–H and O–H groups in total. The molecule has 124 valence electrons. The van der Waals surface area contributed by atoms with Gasteiger partial charge in [-0.3, -0.25) is 4.99 Å². The van der Waals surface area contributed by atoms with Crippen molar-refractivity contribution in [2.24, 2.45) is 4.99 Å². The molecule has 0 aliphatic carbocycles. The van der Waals surface area contributed by atoms with Crippen molar-refractivity contribution in [1.29, 1.82) is 0 Å². The molecule has 0 aliphatic rings. The molecule has 0 atom stereocenters. The zero-order chi connectivity index (χ0) is 16.5. The first kappa shape index (κ1) is 17.5. The summed E-state index contributed by atoms with van der Waals surface area (Å²) in [6.07, 6.45) is 3.17. The fourth-order valence-electron chi connectivity index (χ4n) is 2.46.